The maximum Gasteiger partial charge on any atom is 0.423 e. The van der Waals surface area contributed by atoms with Crippen LogP contribution in [0.5, 0.6) is 0 Å². The summed E-state index contributed by atoms with van der Waals surface area (Å²) >= 11 is 0. The number of carbonyl (C=O) groups is 1. The van der Waals surface area contributed by atoms with Gasteiger partial charge in [-0.15, -0.1) is 0 Å². The molecule has 1 aliphatic heterocycles. The molecule has 2 aromatic carbocycles. The third-order valence-electron chi connectivity index (χ3n) is 4.37. The molecule has 1 heterocycles. The van der Waals surface area contributed by atoms with Crippen LogP contribution in [0.25, 0.3) is 0 Å². The van der Waals surface area contributed by atoms with Crippen molar-refractivity contribution in [3.05, 3.63) is 65.2 Å². The maximum absolute atomic E-state index is 12.5. The Labute approximate surface area is 159 Å². The van der Waals surface area contributed by atoms with E-state index in [1.54, 1.807) is 36.4 Å². The lowest BCUT2D eigenvalue weighted by atomic mass is 10.1. The molecule has 3 rings (SSSR count). The van der Waals surface area contributed by atoms with Crippen LogP contribution in [-0.2, 0) is 34.5 Å². The van der Waals surface area contributed by atoms with Gasteiger partial charge in [0.2, 0.25) is 16.1 Å². The minimum absolute atomic E-state index is 0.0103. The first kappa shape index (κ1) is 20.3. The smallest absolute Gasteiger partial charge is 0.376 e. The van der Waals surface area contributed by atoms with Crippen molar-refractivity contribution in [2.24, 2.45) is 0 Å². The third-order valence-corrected chi connectivity index (χ3v) is 5.79. The highest BCUT2D eigenvalue weighted by molar-refractivity contribution is 7.89. The van der Waals surface area contributed by atoms with Gasteiger partial charge in [0.05, 0.1) is 4.90 Å². The molecule has 10 heteroatoms. The summed E-state index contributed by atoms with van der Waals surface area (Å²) < 4.78 is 64.6. The van der Waals surface area contributed by atoms with Crippen molar-refractivity contribution < 1.29 is 31.5 Å². The Kier molecular flexibility index (Phi) is 5.46. The Morgan fingerprint density at radius 3 is 2.39 bits per heavy atom. The van der Waals surface area contributed by atoms with Crippen LogP contribution in [0.4, 0.5) is 13.2 Å². The van der Waals surface area contributed by atoms with E-state index < -0.39 is 28.2 Å². The van der Waals surface area contributed by atoms with Gasteiger partial charge < -0.3 is 10.0 Å². The highest BCUT2D eigenvalue weighted by atomic mass is 32.2. The van der Waals surface area contributed by atoms with Gasteiger partial charge in [-0.25, -0.2) is 13.1 Å². The number of hydrogen-bond donors (Lipinski definition) is 2. The number of benzene rings is 2. The third kappa shape index (κ3) is 4.34. The molecule has 0 spiro atoms. The molecular formula is C18H17F3N2O4S. The monoisotopic (exact) mass is 414 g/mol. The van der Waals surface area contributed by atoms with E-state index in [9.17, 15) is 26.4 Å². The molecule has 1 amide bonds. The number of halogens is 3. The van der Waals surface area contributed by atoms with Crippen molar-refractivity contribution in [3.63, 3.8) is 0 Å². The second-order valence-electron chi connectivity index (χ2n) is 6.38. The molecule has 0 aliphatic carbocycles. The Bertz CT molecular complexity index is 978. The minimum atomic E-state index is -5.02. The van der Waals surface area contributed by atoms with E-state index in [0.29, 0.717) is 16.7 Å². The summed E-state index contributed by atoms with van der Waals surface area (Å²) in [6.45, 7) is -0.137. The fourth-order valence-electron chi connectivity index (χ4n) is 2.89. The number of amides is 1. The summed E-state index contributed by atoms with van der Waals surface area (Å²) in [5, 5.41) is 9.14. The normalized spacial score (nSPS) is 15.4. The summed E-state index contributed by atoms with van der Waals surface area (Å²) in [6.07, 6.45) is -8.08. The van der Waals surface area contributed by atoms with Crippen LogP contribution in [0, 0.1) is 0 Å². The van der Waals surface area contributed by atoms with Gasteiger partial charge in [0, 0.05) is 19.6 Å². The molecule has 0 saturated heterocycles. The molecule has 2 aromatic rings. The van der Waals surface area contributed by atoms with Crippen LogP contribution in [0.15, 0.2) is 53.4 Å². The van der Waals surface area contributed by atoms with Crippen LogP contribution in [0.3, 0.4) is 0 Å². The molecular weight excluding hydrogens is 397 g/mol. The van der Waals surface area contributed by atoms with Gasteiger partial charge in [-0.2, -0.15) is 13.2 Å². The number of rotatable bonds is 5. The molecule has 0 fully saturated rings. The molecule has 28 heavy (non-hydrogen) atoms. The van der Waals surface area contributed by atoms with Gasteiger partial charge in [0.15, 0.2) is 0 Å². The molecule has 6 nitrogen and oxygen atoms in total. The summed E-state index contributed by atoms with van der Waals surface area (Å²) in [6, 6.07) is 12.7. The lowest BCUT2D eigenvalue weighted by molar-refractivity contribution is -0.211. The quantitative estimate of drug-likeness (QED) is 0.783. The lowest BCUT2D eigenvalue weighted by Gasteiger charge is -2.21. The Hall–Kier alpha value is -2.43. The predicted molar refractivity (Wildman–Crippen MR) is 93.2 cm³/mol. The maximum atomic E-state index is 12.5. The molecule has 0 bridgehead atoms. The molecule has 0 radical (unpaired) electrons. The van der Waals surface area contributed by atoms with E-state index in [1.165, 1.54) is 12.1 Å². The van der Waals surface area contributed by atoms with E-state index in [2.05, 4.69) is 4.72 Å². The molecule has 0 saturated carbocycles. The van der Waals surface area contributed by atoms with Gasteiger partial charge in [-0.1, -0.05) is 36.4 Å². The number of nitrogens with zero attached hydrogens (tertiary/aromatic N) is 1. The van der Waals surface area contributed by atoms with E-state index >= 15 is 0 Å². The number of fused-ring (bicyclic) bond motifs is 1. The number of aliphatic hydroxyl groups excluding tert-OH is 1. The molecule has 1 atom stereocenters. The zero-order valence-corrected chi connectivity index (χ0v) is 15.3. The van der Waals surface area contributed by atoms with Crippen LogP contribution < -0.4 is 4.72 Å². The van der Waals surface area contributed by atoms with E-state index in [4.69, 9.17) is 5.11 Å². The first-order valence-corrected chi connectivity index (χ1v) is 9.75. The Balaban J connectivity index is 1.68. The lowest BCUT2D eigenvalue weighted by Crippen LogP contribution is -2.44. The summed E-state index contributed by atoms with van der Waals surface area (Å²) in [4.78, 5) is 12.9. The summed E-state index contributed by atoms with van der Waals surface area (Å²) in [5.41, 5.74) is 1.86. The average molecular weight is 414 g/mol. The molecule has 2 N–H and O–H groups in total. The molecule has 1 aliphatic rings. The van der Waals surface area contributed by atoms with Crippen molar-refractivity contribution >= 4 is 15.9 Å². The number of alkyl halides is 3. The largest absolute Gasteiger partial charge is 0.423 e. The fourth-order valence-corrected chi connectivity index (χ4v) is 3.93. The van der Waals surface area contributed by atoms with Gasteiger partial charge in [-0.05, 0) is 28.8 Å². The van der Waals surface area contributed by atoms with Crippen LogP contribution in [-0.4, -0.2) is 36.6 Å². The van der Waals surface area contributed by atoms with Crippen LogP contribution in [0.1, 0.15) is 16.7 Å². The minimum Gasteiger partial charge on any atom is -0.376 e. The summed E-state index contributed by atoms with van der Waals surface area (Å²) in [7, 11) is -3.70. The van der Waals surface area contributed by atoms with Gasteiger partial charge in [-0.3, -0.25) is 4.79 Å². The second-order valence-corrected chi connectivity index (χ2v) is 8.15. The van der Waals surface area contributed by atoms with Crippen LogP contribution in [0.2, 0.25) is 0 Å². The van der Waals surface area contributed by atoms with Crippen LogP contribution >= 0.6 is 0 Å². The average Bonchev–Trinajstić information content (AvgIpc) is 3.08. The number of nitrogens with one attached hydrogen (secondary N) is 1. The second kappa shape index (κ2) is 7.53. The molecule has 0 aromatic heterocycles. The standard InChI is InChI=1S/C18H17F3N2O4S/c19-18(20,21)16(24)17(25)23-10-13-7-6-12(8-14(13)11-23)9-22-28(26,27)15-4-2-1-3-5-15/h1-8,16,22,24H,9-11H2/t16-/m0/s1. The zero-order chi connectivity index (χ0) is 20.5. The van der Waals surface area contributed by atoms with Gasteiger partial charge in [0.25, 0.3) is 5.91 Å². The van der Waals surface area contributed by atoms with E-state index in [0.717, 1.165) is 4.90 Å². The van der Waals surface area contributed by atoms with Crippen molar-refractivity contribution in [3.8, 4) is 0 Å². The number of carbonyl (C=O) groups excluding carboxylic acids is 1. The fraction of sp³-hybridized carbons (Fsp3) is 0.278. The topological polar surface area (TPSA) is 86.7 Å². The first-order chi connectivity index (χ1) is 13.1. The van der Waals surface area contributed by atoms with Crippen molar-refractivity contribution in [2.45, 2.75) is 36.8 Å². The van der Waals surface area contributed by atoms with E-state index in [1.807, 2.05) is 0 Å². The number of sulfonamides is 1. The SMILES string of the molecule is O=C([C@H](O)C(F)(F)F)N1Cc2ccc(CNS(=O)(=O)c3ccccc3)cc2C1. The Morgan fingerprint density at radius 2 is 1.75 bits per heavy atom. The number of hydrogen-bond acceptors (Lipinski definition) is 4. The number of aliphatic hydroxyl groups is 1. The molecule has 0 unspecified atom stereocenters. The predicted octanol–water partition coefficient (Wildman–Crippen LogP) is 1.93. The zero-order valence-electron chi connectivity index (χ0n) is 14.5. The highest BCUT2D eigenvalue weighted by Crippen LogP contribution is 2.28. The highest BCUT2D eigenvalue weighted by Gasteiger charge is 2.46. The summed E-state index contributed by atoms with van der Waals surface area (Å²) in [5.74, 6) is -1.41. The van der Waals surface area contributed by atoms with Gasteiger partial charge in [0.1, 0.15) is 0 Å². The van der Waals surface area contributed by atoms with Crippen molar-refractivity contribution in [1.29, 1.82) is 0 Å². The van der Waals surface area contributed by atoms with Crippen molar-refractivity contribution in [1.82, 2.24) is 9.62 Å². The molecule has 150 valence electrons. The van der Waals surface area contributed by atoms with Crippen molar-refractivity contribution in [2.75, 3.05) is 0 Å². The first-order valence-electron chi connectivity index (χ1n) is 8.27. The van der Waals surface area contributed by atoms with Gasteiger partial charge >= 0.3 is 6.18 Å². The Morgan fingerprint density at radius 1 is 1.11 bits per heavy atom. The van der Waals surface area contributed by atoms with E-state index in [-0.39, 0.29) is 24.5 Å².